The van der Waals surface area contributed by atoms with Crippen LogP contribution in [0.5, 0.6) is 0 Å². The van der Waals surface area contributed by atoms with Gasteiger partial charge in [-0.15, -0.1) is 0 Å². The fourth-order valence-corrected chi connectivity index (χ4v) is 3.04. The van der Waals surface area contributed by atoms with Crippen LogP contribution < -0.4 is 0 Å². The van der Waals surface area contributed by atoms with E-state index in [4.69, 9.17) is 0 Å². The molecule has 1 fully saturated rings. The zero-order chi connectivity index (χ0) is 17.7. The number of hydrogen-bond acceptors (Lipinski definition) is 2. The molecule has 24 heavy (non-hydrogen) atoms. The molecule has 2 atom stereocenters. The monoisotopic (exact) mass is 330 g/mol. The van der Waals surface area contributed by atoms with Crippen molar-refractivity contribution < 1.29 is 9.59 Å². The van der Waals surface area contributed by atoms with Crippen LogP contribution in [0.1, 0.15) is 45.6 Å². The van der Waals surface area contributed by atoms with Crippen LogP contribution in [0, 0.1) is 11.8 Å². The van der Waals surface area contributed by atoms with Crippen molar-refractivity contribution in [1.82, 2.24) is 9.80 Å². The Morgan fingerprint density at radius 2 is 1.75 bits per heavy atom. The van der Waals surface area contributed by atoms with Crippen LogP contribution in [0.15, 0.2) is 30.3 Å². The Morgan fingerprint density at radius 3 is 2.33 bits per heavy atom. The summed E-state index contributed by atoms with van der Waals surface area (Å²) < 4.78 is 0. The van der Waals surface area contributed by atoms with Crippen molar-refractivity contribution in [3.63, 3.8) is 0 Å². The summed E-state index contributed by atoms with van der Waals surface area (Å²) in [6.07, 6.45) is 2.79. The van der Waals surface area contributed by atoms with E-state index in [0.717, 1.165) is 24.9 Å². The average Bonchev–Trinajstić information content (AvgIpc) is 3.37. The van der Waals surface area contributed by atoms with Gasteiger partial charge in [0.25, 0.3) is 0 Å². The second-order valence-corrected chi connectivity index (χ2v) is 7.11. The first kappa shape index (κ1) is 18.5. The highest BCUT2D eigenvalue weighted by Gasteiger charge is 2.50. The molecule has 132 valence electrons. The summed E-state index contributed by atoms with van der Waals surface area (Å²) in [5.74, 6) is 0.00498. The Balaban J connectivity index is 1.95. The molecule has 2 rings (SSSR count). The average molecular weight is 330 g/mol. The lowest BCUT2D eigenvalue weighted by molar-refractivity contribution is -0.138. The Hall–Kier alpha value is -1.84. The van der Waals surface area contributed by atoms with Crippen LogP contribution in [-0.2, 0) is 16.1 Å². The van der Waals surface area contributed by atoms with Crippen LogP contribution in [0.25, 0.3) is 0 Å². The molecule has 4 heteroatoms. The standard InChI is InChI=1S/C20H30N2O2/c1-5-6-12-21(4)19(23)17-13-18(17)20(24)22(15(2)3)14-16-10-8-7-9-11-16/h7-11,15,17-18H,5-6,12-14H2,1-4H3. The number of carbonyl (C=O) groups is 2. The molecule has 0 aliphatic heterocycles. The Bertz CT molecular complexity index is 556. The number of amides is 2. The van der Waals surface area contributed by atoms with E-state index in [1.807, 2.05) is 56.1 Å². The molecule has 4 nitrogen and oxygen atoms in total. The van der Waals surface area contributed by atoms with Crippen molar-refractivity contribution in [2.45, 2.75) is 52.6 Å². The number of hydrogen-bond donors (Lipinski definition) is 0. The number of nitrogens with zero attached hydrogens (tertiary/aromatic N) is 2. The number of benzene rings is 1. The van der Waals surface area contributed by atoms with Gasteiger partial charge in [0, 0.05) is 26.2 Å². The molecule has 0 aromatic heterocycles. The molecule has 0 heterocycles. The van der Waals surface area contributed by atoms with Gasteiger partial charge in [-0.25, -0.2) is 0 Å². The van der Waals surface area contributed by atoms with Gasteiger partial charge in [0.2, 0.25) is 11.8 Å². The van der Waals surface area contributed by atoms with E-state index in [9.17, 15) is 9.59 Å². The van der Waals surface area contributed by atoms with Gasteiger partial charge in [-0.3, -0.25) is 9.59 Å². The maximum atomic E-state index is 12.9. The summed E-state index contributed by atoms with van der Waals surface area (Å²) in [6, 6.07) is 10.2. The van der Waals surface area contributed by atoms with Crippen LogP contribution in [-0.4, -0.2) is 41.2 Å². The lowest BCUT2D eigenvalue weighted by Gasteiger charge is -2.27. The van der Waals surface area contributed by atoms with Gasteiger partial charge in [0.05, 0.1) is 11.8 Å². The molecule has 1 aliphatic rings. The van der Waals surface area contributed by atoms with E-state index < -0.39 is 0 Å². The van der Waals surface area contributed by atoms with Crippen molar-refractivity contribution in [3.8, 4) is 0 Å². The maximum absolute atomic E-state index is 12.9. The van der Waals surface area contributed by atoms with Gasteiger partial charge in [-0.05, 0) is 32.3 Å². The first-order valence-corrected chi connectivity index (χ1v) is 9.05. The quantitative estimate of drug-likeness (QED) is 0.733. The predicted octanol–water partition coefficient (Wildman–Crippen LogP) is 3.32. The zero-order valence-electron chi connectivity index (χ0n) is 15.4. The van der Waals surface area contributed by atoms with Crippen LogP contribution in [0.2, 0.25) is 0 Å². The molecule has 0 spiro atoms. The minimum atomic E-state index is -0.132. The fourth-order valence-electron chi connectivity index (χ4n) is 3.04. The van der Waals surface area contributed by atoms with Crippen molar-refractivity contribution in [2.24, 2.45) is 11.8 Å². The summed E-state index contributed by atoms with van der Waals surface area (Å²) >= 11 is 0. The van der Waals surface area contributed by atoms with Crippen LogP contribution in [0.4, 0.5) is 0 Å². The lowest BCUT2D eigenvalue weighted by Crippen LogP contribution is -2.39. The molecular weight excluding hydrogens is 300 g/mol. The van der Waals surface area contributed by atoms with E-state index in [2.05, 4.69) is 6.92 Å². The normalized spacial score (nSPS) is 19.2. The van der Waals surface area contributed by atoms with Crippen molar-refractivity contribution >= 4 is 11.8 Å². The topological polar surface area (TPSA) is 40.6 Å². The van der Waals surface area contributed by atoms with E-state index in [-0.39, 0.29) is 29.7 Å². The summed E-state index contributed by atoms with van der Waals surface area (Å²) in [6.45, 7) is 7.58. The third kappa shape index (κ3) is 4.59. The summed E-state index contributed by atoms with van der Waals surface area (Å²) in [5.41, 5.74) is 1.13. The van der Waals surface area contributed by atoms with Crippen LogP contribution in [0.3, 0.4) is 0 Å². The molecular formula is C20H30N2O2. The minimum absolute atomic E-state index is 0.114. The van der Waals surface area contributed by atoms with Crippen molar-refractivity contribution in [3.05, 3.63) is 35.9 Å². The highest BCUT2D eigenvalue weighted by atomic mass is 16.2. The fraction of sp³-hybridized carbons (Fsp3) is 0.600. The third-order valence-corrected chi connectivity index (χ3v) is 4.75. The molecule has 2 unspecified atom stereocenters. The molecule has 1 aliphatic carbocycles. The third-order valence-electron chi connectivity index (χ3n) is 4.75. The van der Waals surface area contributed by atoms with Gasteiger partial charge in [0.15, 0.2) is 0 Å². The number of unbranched alkanes of at least 4 members (excludes halogenated alkanes) is 1. The molecule has 0 radical (unpaired) electrons. The van der Waals surface area contributed by atoms with Gasteiger partial charge >= 0.3 is 0 Å². The van der Waals surface area contributed by atoms with E-state index in [0.29, 0.717) is 13.0 Å². The Kier molecular flexibility index (Phi) is 6.41. The number of carbonyl (C=O) groups excluding carboxylic acids is 2. The number of rotatable bonds is 8. The molecule has 1 saturated carbocycles. The minimum Gasteiger partial charge on any atom is -0.346 e. The highest BCUT2D eigenvalue weighted by Crippen LogP contribution is 2.41. The molecule has 1 aromatic rings. The van der Waals surface area contributed by atoms with Gasteiger partial charge in [-0.2, -0.15) is 0 Å². The molecule has 0 saturated heterocycles. The van der Waals surface area contributed by atoms with E-state index >= 15 is 0 Å². The second-order valence-electron chi connectivity index (χ2n) is 7.11. The van der Waals surface area contributed by atoms with Gasteiger partial charge in [-0.1, -0.05) is 43.7 Å². The Labute approximate surface area is 145 Å². The van der Waals surface area contributed by atoms with E-state index in [1.54, 1.807) is 4.90 Å². The van der Waals surface area contributed by atoms with Crippen molar-refractivity contribution in [1.29, 1.82) is 0 Å². The van der Waals surface area contributed by atoms with Crippen LogP contribution >= 0.6 is 0 Å². The summed E-state index contributed by atoms with van der Waals surface area (Å²) in [7, 11) is 1.85. The van der Waals surface area contributed by atoms with Gasteiger partial charge < -0.3 is 9.80 Å². The van der Waals surface area contributed by atoms with E-state index in [1.165, 1.54) is 0 Å². The first-order chi connectivity index (χ1) is 11.5. The maximum Gasteiger partial charge on any atom is 0.227 e. The largest absolute Gasteiger partial charge is 0.346 e. The SMILES string of the molecule is CCCCN(C)C(=O)C1CC1C(=O)N(Cc1ccccc1)C(C)C. The first-order valence-electron chi connectivity index (χ1n) is 9.05. The summed E-state index contributed by atoms with van der Waals surface area (Å²) in [4.78, 5) is 29.0. The smallest absolute Gasteiger partial charge is 0.227 e. The highest BCUT2D eigenvalue weighted by molar-refractivity contribution is 5.92. The second kappa shape index (κ2) is 8.32. The zero-order valence-corrected chi connectivity index (χ0v) is 15.4. The molecule has 1 aromatic carbocycles. The van der Waals surface area contributed by atoms with Crippen molar-refractivity contribution in [2.75, 3.05) is 13.6 Å². The summed E-state index contributed by atoms with van der Waals surface area (Å²) in [5, 5.41) is 0. The molecule has 2 amide bonds. The van der Waals surface area contributed by atoms with Gasteiger partial charge in [0.1, 0.15) is 0 Å². The Morgan fingerprint density at radius 1 is 1.12 bits per heavy atom. The molecule has 0 bridgehead atoms. The lowest BCUT2D eigenvalue weighted by atomic mass is 10.1. The molecule has 0 N–H and O–H groups in total. The predicted molar refractivity (Wildman–Crippen MR) is 96.3 cm³/mol.